The Bertz CT molecular complexity index is 1560. The Kier molecular flexibility index (Phi) is 8.05. The maximum atomic E-state index is 13.3. The number of carbonyl (C=O) groups is 1. The van der Waals surface area contributed by atoms with Crippen LogP contribution in [0, 0.1) is 0 Å². The third kappa shape index (κ3) is 5.44. The summed E-state index contributed by atoms with van der Waals surface area (Å²) in [4.78, 5) is 23.3. The molecule has 3 aromatic carbocycles. The van der Waals surface area contributed by atoms with E-state index < -0.39 is 0 Å². The zero-order valence-corrected chi connectivity index (χ0v) is 22.8. The highest BCUT2D eigenvalue weighted by molar-refractivity contribution is 8.00. The molecule has 0 aliphatic heterocycles. The van der Waals surface area contributed by atoms with Crippen molar-refractivity contribution in [1.29, 1.82) is 0 Å². The zero-order valence-electron chi connectivity index (χ0n) is 21.3. The lowest BCUT2D eigenvalue weighted by Crippen LogP contribution is -2.32. The summed E-state index contributed by atoms with van der Waals surface area (Å²) < 4.78 is 1.88. The number of rotatable bonds is 9. The minimum atomic E-state index is -0.344. The minimum Gasteiger partial charge on any atom is -0.351 e. The fraction of sp³-hybridized carbons (Fsp3) is 0.200. The van der Waals surface area contributed by atoms with Gasteiger partial charge in [-0.25, -0.2) is 14.6 Å². The molecule has 5 rings (SSSR count). The number of carbonyl (C=O) groups excluding carboxylic acids is 1. The van der Waals surface area contributed by atoms with E-state index in [0.29, 0.717) is 30.2 Å². The Morgan fingerprint density at radius 3 is 2.32 bits per heavy atom. The van der Waals surface area contributed by atoms with Gasteiger partial charge in [-0.2, -0.15) is 5.10 Å². The first-order valence-electron chi connectivity index (χ1n) is 12.7. The number of aryl methyl sites for hydroxylation is 1. The molecule has 0 aliphatic carbocycles. The Balaban J connectivity index is 1.56. The summed E-state index contributed by atoms with van der Waals surface area (Å²) in [5.74, 6) is 0.547. The number of nitrogens with zero attached hydrogens (tertiary/aromatic N) is 4. The van der Waals surface area contributed by atoms with Crippen LogP contribution >= 0.6 is 23.4 Å². The van der Waals surface area contributed by atoms with Crippen LogP contribution in [-0.4, -0.2) is 30.9 Å². The highest BCUT2D eigenvalue weighted by atomic mass is 35.5. The summed E-state index contributed by atoms with van der Waals surface area (Å²) in [6.45, 7) is 4.46. The zero-order chi connectivity index (χ0) is 26.5. The van der Waals surface area contributed by atoms with E-state index >= 15 is 0 Å². The average Bonchev–Trinajstić information content (AvgIpc) is 3.35. The van der Waals surface area contributed by atoms with E-state index in [0.717, 1.165) is 38.6 Å². The second-order valence-electron chi connectivity index (χ2n) is 8.79. The van der Waals surface area contributed by atoms with Gasteiger partial charge in [-0.3, -0.25) is 4.79 Å². The number of benzene rings is 3. The number of nitrogens with one attached hydrogen (secondary N) is 1. The monoisotopic (exact) mass is 541 g/mol. The average molecular weight is 542 g/mol. The molecule has 8 heteroatoms. The molecule has 5 aromatic rings. The lowest BCUT2D eigenvalue weighted by molar-refractivity contribution is -0.120. The van der Waals surface area contributed by atoms with E-state index in [9.17, 15) is 4.79 Å². The van der Waals surface area contributed by atoms with Gasteiger partial charge in [-0.05, 0) is 36.6 Å². The molecule has 0 saturated carbocycles. The number of thioether (sulfide) groups is 1. The summed E-state index contributed by atoms with van der Waals surface area (Å²) in [6.07, 6.45) is 1.35. The van der Waals surface area contributed by atoms with E-state index in [4.69, 9.17) is 26.7 Å². The van der Waals surface area contributed by atoms with Crippen molar-refractivity contribution in [2.45, 2.75) is 43.5 Å². The Labute approximate surface area is 231 Å². The summed E-state index contributed by atoms with van der Waals surface area (Å²) in [7, 11) is 0. The maximum absolute atomic E-state index is 13.3. The Morgan fingerprint density at radius 2 is 1.63 bits per heavy atom. The molecule has 0 aliphatic rings. The second kappa shape index (κ2) is 11.8. The van der Waals surface area contributed by atoms with Crippen LogP contribution in [0.3, 0.4) is 0 Å². The SMILES string of the molecule is CCc1nn(-c2ccccc2)c2nc(-c3ccccc3)nc(S[C@@H](CC)C(=O)NCc3ccccc3Cl)c12. The van der Waals surface area contributed by atoms with E-state index in [1.165, 1.54) is 11.8 Å². The van der Waals surface area contributed by atoms with Gasteiger partial charge >= 0.3 is 0 Å². The van der Waals surface area contributed by atoms with Gasteiger partial charge in [0.1, 0.15) is 5.03 Å². The summed E-state index contributed by atoms with van der Waals surface area (Å²) >= 11 is 7.76. The van der Waals surface area contributed by atoms with Crippen LogP contribution < -0.4 is 5.32 Å². The molecule has 0 fully saturated rings. The van der Waals surface area contributed by atoms with E-state index in [1.807, 2.05) is 96.5 Å². The van der Waals surface area contributed by atoms with Crippen LogP contribution in [0.2, 0.25) is 5.02 Å². The largest absolute Gasteiger partial charge is 0.351 e. The van der Waals surface area contributed by atoms with Gasteiger partial charge in [-0.15, -0.1) is 0 Å². The Hall–Kier alpha value is -3.68. The molecule has 6 nitrogen and oxygen atoms in total. The third-order valence-electron chi connectivity index (χ3n) is 6.26. The van der Waals surface area contributed by atoms with Crippen molar-refractivity contribution in [3.8, 4) is 17.1 Å². The number of fused-ring (bicyclic) bond motifs is 1. The number of hydrogen-bond donors (Lipinski definition) is 1. The second-order valence-corrected chi connectivity index (χ2v) is 10.4. The summed E-state index contributed by atoms with van der Waals surface area (Å²) in [5, 5.41) is 9.92. The van der Waals surface area contributed by atoms with Gasteiger partial charge in [0.25, 0.3) is 0 Å². The molecule has 192 valence electrons. The molecule has 38 heavy (non-hydrogen) atoms. The van der Waals surface area contributed by atoms with Crippen LogP contribution in [0.25, 0.3) is 28.1 Å². The lowest BCUT2D eigenvalue weighted by atomic mass is 10.2. The van der Waals surface area contributed by atoms with E-state index in [-0.39, 0.29) is 11.2 Å². The van der Waals surface area contributed by atoms with Crippen molar-refractivity contribution < 1.29 is 4.79 Å². The highest BCUT2D eigenvalue weighted by Gasteiger charge is 2.25. The van der Waals surface area contributed by atoms with Gasteiger partial charge < -0.3 is 5.32 Å². The van der Waals surface area contributed by atoms with Gasteiger partial charge in [0.2, 0.25) is 5.91 Å². The molecule has 0 saturated heterocycles. The molecule has 0 unspecified atom stereocenters. The minimum absolute atomic E-state index is 0.0565. The van der Waals surface area contributed by atoms with Gasteiger partial charge in [0.15, 0.2) is 11.5 Å². The van der Waals surface area contributed by atoms with Crippen LogP contribution in [0.5, 0.6) is 0 Å². The van der Waals surface area contributed by atoms with Crippen LogP contribution in [0.1, 0.15) is 31.5 Å². The fourth-order valence-corrected chi connectivity index (χ4v) is 5.54. The van der Waals surface area contributed by atoms with Crippen LogP contribution in [0.15, 0.2) is 90.0 Å². The van der Waals surface area contributed by atoms with Gasteiger partial charge in [0, 0.05) is 17.1 Å². The van der Waals surface area contributed by atoms with Crippen molar-refractivity contribution in [2.75, 3.05) is 0 Å². The summed E-state index contributed by atoms with van der Waals surface area (Å²) in [5.41, 5.74) is 4.35. The van der Waals surface area contributed by atoms with Crippen LogP contribution in [-0.2, 0) is 17.8 Å². The fourth-order valence-electron chi connectivity index (χ4n) is 4.25. The van der Waals surface area contributed by atoms with Gasteiger partial charge in [0.05, 0.1) is 22.0 Å². The molecule has 0 bridgehead atoms. The summed E-state index contributed by atoms with van der Waals surface area (Å²) in [6, 6.07) is 27.4. The standard InChI is InChI=1S/C30H28ClN5OS/c1-3-24-26-28(36(35-24)22-16-9-6-10-17-22)33-27(20-13-7-5-8-14-20)34-30(26)38-25(4-2)29(37)32-19-21-15-11-12-18-23(21)31/h5-18,25H,3-4,19H2,1-2H3,(H,32,37)/t25-/m0/s1. The molecular formula is C30H28ClN5OS. The lowest BCUT2D eigenvalue weighted by Gasteiger charge is -2.16. The molecule has 1 amide bonds. The number of amides is 1. The number of hydrogen-bond acceptors (Lipinski definition) is 5. The first-order valence-corrected chi connectivity index (χ1v) is 13.9. The molecule has 1 N–H and O–H groups in total. The van der Waals surface area contributed by atoms with Crippen molar-refractivity contribution in [2.24, 2.45) is 0 Å². The highest BCUT2D eigenvalue weighted by Crippen LogP contribution is 2.35. The number of para-hydroxylation sites is 1. The molecule has 0 radical (unpaired) electrons. The van der Waals surface area contributed by atoms with Crippen molar-refractivity contribution in [1.82, 2.24) is 25.1 Å². The van der Waals surface area contributed by atoms with E-state index in [2.05, 4.69) is 12.2 Å². The maximum Gasteiger partial charge on any atom is 0.233 e. The van der Waals surface area contributed by atoms with Crippen LogP contribution in [0.4, 0.5) is 0 Å². The molecular weight excluding hydrogens is 514 g/mol. The smallest absolute Gasteiger partial charge is 0.233 e. The predicted molar refractivity (Wildman–Crippen MR) is 155 cm³/mol. The first-order chi connectivity index (χ1) is 18.6. The van der Waals surface area contributed by atoms with E-state index in [1.54, 1.807) is 0 Å². The molecule has 2 aromatic heterocycles. The van der Waals surface area contributed by atoms with Crippen molar-refractivity contribution in [3.05, 3.63) is 101 Å². The number of aromatic nitrogens is 4. The van der Waals surface area contributed by atoms with Gasteiger partial charge in [-0.1, -0.05) is 104 Å². The quantitative estimate of drug-likeness (QED) is 0.162. The molecule has 0 spiro atoms. The topological polar surface area (TPSA) is 72.7 Å². The predicted octanol–water partition coefficient (Wildman–Crippen LogP) is 6.89. The third-order valence-corrected chi connectivity index (χ3v) is 7.98. The van der Waals surface area contributed by atoms with Crippen molar-refractivity contribution in [3.63, 3.8) is 0 Å². The molecule has 2 heterocycles. The van der Waals surface area contributed by atoms with Crippen molar-refractivity contribution >= 4 is 40.3 Å². The molecule has 1 atom stereocenters. The number of halogens is 1. The Morgan fingerprint density at radius 1 is 0.947 bits per heavy atom. The first kappa shape index (κ1) is 25.9. The normalized spacial score (nSPS) is 12.0.